The monoisotopic (exact) mass is 419 g/mol. The van der Waals surface area contributed by atoms with Crippen molar-refractivity contribution in [1.29, 1.82) is 0 Å². The summed E-state index contributed by atoms with van der Waals surface area (Å²) in [7, 11) is 1.54. The minimum Gasteiger partial charge on any atom is -0.494 e. The maximum absolute atomic E-state index is 12.8. The molecule has 11 heteroatoms. The van der Waals surface area contributed by atoms with Crippen LogP contribution in [-0.4, -0.2) is 60.7 Å². The molecule has 1 unspecified atom stereocenters. The molecule has 11 nitrogen and oxygen atoms in total. The number of benzene rings is 1. The van der Waals surface area contributed by atoms with Gasteiger partial charge in [-0.15, -0.1) is 5.10 Å². The number of piperidine rings is 1. The Morgan fingerprint density at radius 1 is 1.16 bits per heavy atom. The molecule has 3 amide bonds. The van der Waals surface area contributed by atoms with E-state index in [-0.39, 0.29) is 24.8 Å². The van der Waals surface area contributed by atoms with Crippen molar-refractivity contribution in [2.24, 2.45) is 0 Å². The normalized spacial score (nSPS) is 18.2. The molecule has 0 bridgehead atoms. The van der Waals surface area contributed by atoms with Crippen molar-refractivity contribution in [3.63, 3.8) is 0 Å². The zero-order chi connectivity index (χ0) is 21.5. The Kier molecular flexibility index (Phi) is 4.42. The largest absolute Gasteiger partial charge is 0.494 e. The van der Waals surface area contributed by atoms with Crippen molar-refractivity contribution in [1.82, 2.24) is 35.2 Å². The van der Waals surface area contributed by atoms with E-state index in [4.69, 9.17) is 4.74 Å². The molecule has 5 rings (SSSR count). The molecular formula is C20H17N7O4. The second-order valence-electron chi connectivity index (χ2n) is 7.24. The molecule has 31 heavy (non-hydrogen) atoms. The van der Waals surface area contributed by atoms with Gasteiger partial charge in [0.25, 0.3) is 5.91 Å². The van der Waals surface area contributed by atoms with Crippen LogP contribution in [0.4, 0.5) is 0 Å². The molecule has 3 aromatic rings. The molecule has 0 saturated carbocycles. The van der Waals surface area contributed by atoms with Gasteiger partial charge in [-0.05, 0) is 30.2 Å². The Hall–Kier alpha value is -4.15. The number of carbonyl (C=O) groups excluding carboxylic acids is 3. The molecule has 1 saturated heterocycles. The number of methoxy groups -OCH3 is 1. The van der Waals surface area contributed by atoms with Crippen LogP contribution in [0.5, 0.6) is 5.75 Å². The van der Waals surface area contributed by atoms with Gasteiger partial charge in [-0.25, -0.2) is 14.6 Å². The molecule has 2 aliphatic heterocycles. The number of hydrogen-bond donors (Lipinski definition) is 1. The highest BCUT2D eigenvalue weighted by molar-refractivity contribution is 6.05. The average Bonchev–Trinajstić information content (AvgIpc) is 3.39. The summed E-state index contributed by atoms with van der Waals surface area (Å²) in [5, 5.41) is 10.6. The number of amides is 3. The number of carbonyl (C=O) groups is 3. The van der Waals surface area contributed by atoms with Gasteiger partial charge in [0.05, 0.1) is 31.4 Å². The predicted octanol–water partition coefficient (Wildman–Crippen LogP) is 0.494. The lowest BCUT2D eigenvalue weighted by atomic mass is 10.0. The number of hydrogen-bond acceptors (Lipinski definition) is 8. The van der Waals surface area contributed by atoms with E-state index in [0.29, 0.717) is 34.9 Å². The van der Waals surface area contributed by atoms with Gasteiger partial charge in [0.15, 0.2) is 17.3 Å². The molecule has 156 valence electrons. The zero-order valence-electron chi connectivity index (χ0n) is 16.5. The highest BCUT2D eigenvalue weighted by Crippen LogP contribution is 2.29. The van der Waals surface area contributed by atoms with Crippen molar-refractivity contribution in [2.75, 3.05) is 7.11 Å². The van der Waals surface area contributed by atoms with Crippen LogP contribution < -0.4 is 10.1 Å². The Bertz CT molecular complexity index is 1200. The van der Waals surface area contributed by atoms with E-state index >= 15 is 0 Å². The maximum Gasteiger partial charge on any atom is 0.255 e. The molecule has 0 spiro atoms. The molecule has 1 N–H and O–H groups in total. The van der Waals surface area contributed by atoms with Crippen LogP contribution in [0.25, 0.3) is 17.2 Å². The van der Waals surface area contributed by atoms with Gasteiger partial charge in [0.2, 0.25) is 11.8 Å². The van der Waals surface area contributed by atoms with Crippen LogP contribution in [0, 0.1) is 0 Å². The van der Waals surface area contributed by atoms with Crippen LogP contribution in [0.1, 0.15) is 28.8 Å². The van der Waals surface area contributed by atoms with Crippen LogP contribution in [0.15, 0.2) is 36.8 Å². The predicted molar refractivity (Wildman–Crippen MR) is 105 cm³/mol. The third-order valence-electron chi connectivity index (χ3n) is 5.36. The molecule has 1 aromatic carbocycles. The lowest BCUT2D eigenvalue weighted by Gasteiger charge is -2.29. The second-order valence-corrected chi connectivity index (χ2v) is 7.24. The molecular weight excluding hydrogens is 402 g/mol. The third kappa shape index (κ3) is 3.29. The van der Waals surface area contributed by atoms with E-state index in [0.717, 1.165) is 5.56 Å². The quantitative estimate of drug-likeness (QED) is 0.605. The lowest BCUT2D eigenvalue weighted by Crippen LogP contribution is -2.52. The zero-order valence-corrected chi connectivity index (χ0v) is 16.5. The van der Waals surface area contributed by atoms with Crippen molar-refractivity contribution >= 4 is 17.7 Å². The van der Waals surface area contributed by atoms with E-state index < -0.39 is 11.9 Å². The van der Waals surface area contributed by atoms with Crippen LogP contribution >= 0.6 is 0 Å². The van der Waals surface area contributed by atoms with E-state index in [1.165, 1.54) is 12.0 Å². The fourth-order valence-electron chi connectivity index (χ4n) is 3.75. The van der Waals surface area contributed by atoms with Crippen LogP contribution in [0.3, 0.4) is 0 Å². The van der Waals surface area contributed by atoms with E-state index in [2.05, 4.69) is 25.6 Å². The van der Waals surface area contributed by atoms with Gasteiger partial charge in [-0.2, -0.15) is 0 Å². The van der Waals surface area contributed by atoms with Gasteiger partial charge in [-0.3, -0.25) is 19.7 Å². The Morgan fingerprint density at radius 3 is 2.71 bits per heavy atom. The molecule has 2 aliphatic rings. The van der Waals surface area contributed by atoms with Crippen molar-refractivity contribution in [2.45, 2.75) is 25.4 Å². The van der Waals surface area contributed by atoms with Crippen molar-refractivity contribution in [3.8, 4) is 23.0 Å². The molecule has 0 radical (unpaired) electrons. The summed E-state index contributed by atoms with van der Waals surface area (Å²) in [6.45, 7) is 0.289. The number of imide groups is 1. The third-order valence-corrected chi connectivity index (χ3v) is 5.36. The standard InChI is InChI=1S/C20H17N7O4/c1-31-13-7-21-18(22-8-13)15-10-27(25-24-15)12-2-3-14-11(6-12)9-26(20(14)30)16-4-5-17(28)23-19(16)29/h2-3,6-8,10,16H,4-5,9H2,1H3,(H,23,28,29). The van der Waals surface area contributed by atoms with Crippen molar-refractivity contribution in [3.05, 3.63) is 47.9 Å². The highest BCUT2D eigenvalue weighted by atomic mass is 16.5. The molecule has 1 atom stereocenters. The van der Waals surface area contributed by atoms with Gasteiger partial charge in [0, 0.05) is 18.5 Å². The fourth-order valence-corrected chi connectivity index (χ4v) is 3.75. The SMILES string of the molecule is COc1cnc(-c2cn(-c3ccc4c(c3)CN(C3CCC(=O)NC3=O)C4=O)nn2)nc1. The first-order valence-electron chi connectivity index (χ1n) is 9.60. The molecule has 2 aromatic heterocycles. The summed E-state index contributed by atoms with van der Waals surface area (Å²) >= 11 is 0. The maximum atomic E-state index is 12.8. The first kappa shape index (κ1) is 18.9. The summed E-state index contributed by atoms with van der Waals surface area (Å²) in [6.07, 6.45) is 5.33. The molecule has 1 fully saturated rings. The number of fused-ring (bicyclic) bond motifs is 1. The fraction of sp³-hybridized carbons (Fsp3) is 0.250. The lowest BCUT2D eigenvalue weighted by molar-refractivity contribution is -0.136. The van der Waals surface area contributed by atoms with Crippen molar-refractivity contribution < 1.29 is 19.1 Å². The Balaban J connectivity index is 1.39. The van der Waals surface area contributed by atoms with E-state index in [9.17, 15) is 14.4 Å². The Labute approximate surface area is 176 Å². The summed E-state index contributed by atoms with van der Waals surface area (Å²) < 4.78 is 6.63. The number of aromatic nitrogens is 5. The molecule has 0 aliphatic carbocycles. The van der Waals surface area contributed by atoms with Gasteiger partial charge in [-0.1, -0.05) is 5.21 Å². The first-order chi connectivity index (χ1) is 15.0. The second kappa shape index (κ2) is 7.27. The highest BCUT2D eigenvalue weighted by Gasteiger charge is 2.39. The van der Waals surface area contributed by atoms with Crippen LogP contribution in [-0.2, 0) is 16.1 Å². The minimum atomic E-state index is -0.647. The summed E-state index contributed by atoms with van der Waals surface area (Å²) in [6, 6.07) is 4.67. The number of ether oxygens (including phenoxy) is 1. The average molecular weight is 419 g/mol. The van der Waals surface area contributed by atoms with Gasteiger partial charge in [0.1, 0.15) is 6.04 Å². The Morgan fingerprint density at radius 2 is 1.97 bits per heavy atom. The topological polar surface area (TPSA) is 132 Å². The summed E-state index contributed by atoms with van der Waals surface area (Å²) in [5.41, 5.74) is 2.52. The van der Waals surface area contributed by atoms with Gasteiger partial charge >= 0.3 is 0 Å². The van der Waals surface area contributed by atoms with Gasteiger partial charge < -0.3 is 9.64 Å². The van der Waals surface area contributed by atoms with Crippen LogP contribution in [0.2, 0.25) is 0 Å². The van der Waals surface area contributed by atoms with E-state index in [1.807, 2.05) is 6.07 Å². The smallest absolute Gasteiger partial charge is 0.255 e. The first-order valence-corrected chi connectivity index (χ1v) is 9.60. The summed E-state index contributed by atoms with van der Waals surface area (Å²) in [5.74, 6) is -0.0112. The number of nitrogens with one attached hydrogen (secondary N) is 1. The van der Waals surface area contributed by atoms with E-state index in [1.54, 1.807) is 35.4 Å². The number of rotatable bonds is 4. The number of nitrogens with zero attached hydrogens (tertiary/aromatic N) is 6. The summed E-state index contributed by atoms with van der Waals surface area (Å²) in [4.78, 5) is 46.3. The molecule has 4 heterocycles. The minimum absolute atomic E-state index is 0.219.